The number of pyridine rings is 1. The molecule has 1 heterocycles. The number of carboxylic acid groups (broad SMARTS) is 1. The van der Waals surface area contributed by atoms with Gasteiger partial charge >= 0.3 is 5.97 Å². The maximum Gasteiger partial charge on any atom is 0.336 e. The van der Waals surface area contributed by atoms with Gasteiger partial charge in [-0.1, -0.05) is 23.9 Å². The average molecular weight is 324 g/mol. The van der Waals surface area contributed by atoms with E-state index in [0.717, 1.165) is 15.1 Å². The van der Waals surface area contributed by atoms with E-state index in [1.54, 1.807) is 24.4 Å². The molecule has 0 saturated carbocycles. The molecule has 0 unspecified atom stereocenters. The lowest BCUT2D eigenvalue weighted by Gasteiger charge is -2.06. The van der Waals surface area contributed by atoms with E-state index in [1.807, 2.05) is 19.1 Å². The highest BCUT2D eigenvalue weighted by molar-refractivity contribution is 9.10. The number of hydrogen-bond donors (Lipinski definition) is 1. The Morgan fingerprint density at radius 1 is 1.39 bits per heavy atom. The van der Waals surface area contributed by atoms with Gasteiger partial charge in [0.1, 0.15) is 5.03 Å². The molecule has 0 atom stereocenters. The number of carboxylic acids is 1. The second kappa shape index (κ2) is 5.54. The number of aromatic carboxylic acids is 1. The van der Waals surface area contributed by atoms with Crippen LogP contribution in [0.1, 0.15) is 15.9 Å². The maximum atomic E-state index is 11.1. The van der Waals surface area contributed by atoms with Gasteiger partial charge < -0.3 is 5.11 Å². The van der Waals surface area contributed by atoms with Crippen LogP contribution >= 0.6 is 27.7 Å². The second-order valence-electron chi connectivity index (χ2n) is 3.68. The van der Waals surface area contributed by atoms with Crippen molar-refractivity contribution >= 4 is 33.7 Å². The molecule has 0 aliphatic carbocycles. The molecule has 0 aliphatic heterocycles. The van der Waals surface area contributed by atoms with E-state index in [0.29, 0.717) is 10.5 Å². The number of hydrogen-bond acceptors (Lipinski definition) is 3. The van der Waals surface area contributed by atoms with E-state index in [9.17, 15) is 4.79 Å². The van der Waals surface area contributed by atoms with Crippen molar-refractivity contribution in [1.82, 2.24) is 4.98 Å². The molecule has 2 rings (SSSR count). The quantitative estimate of drug-likeness (QED) is 0.927. The minimum absolute atomic E-state index is 0.296. The molecule has 0 spiro atoms. The third-order valence-corrected chi connectivity index (χ3v) is 4.19. The highest BCUT2D eigenvalue weighted by Crippen LogP contribution is 2.30. The minimum Gasteiger partial charge on any atom is -0.478 e. The fourth-order valence-electron chi connectivity index (χ4n) is 1.41. The van der Waals surface area contributed by atoms with Crippen molar-refractivity contribution in [3.05, 3.63) is 52.1 Å². The number of halogens is 1. The highest BCUT2D eigenvalue weighted by atomic mass is 79.9. The normalized spacial score (nSPS) is 10.3. The molecule has 18 heavy (non-hydrogen) atoms. The lowest BCUT2D eigenvalue weighted by molar-refractivity contribution is 0.0693. The molecule has 0 amide bonds. The van der Waals surface area contributed by atoms with E-state index in [4.69, 9.17) is 5.11 Å². The smallest absolute Gasteiger partial charge is 0.336 e. The summed E-state index contributed by atoms with van der Waals surface area (Å²) in [6.07, 6.45) is 1.72. The van der Waals surface area contributed by atoms with Gasteiger partial charge in [-0.25, -0.2) is 9.78 Å². The summed E-state index contributed by atoms with van der Waals surface area (Å²) in [6, 6.07) is 8.84. The zero-order chi connectivity index (χ0) is 13.1. The van der Waals surface area contributed by atoms with E-state index < -0.39 is 5.97 Å². The number of rotatable bonds is 3. The van der Waals surface area contributed by atoms with Crippen LogP contribution in [0.2, 0.25) is 0 Å². The van der Waals surface area contributed by atoms with E-state index in [1.165, 1.54) is 11.8 Å². The number of carbonyl (C=O) groups is 1. The first-order valence-corrected chi connectivity index (χ1v) is 6.81. The van der Waals surface area contributed by atoms with Gasteiger partial charge in [0.25, 0.3) is 0 Å². The molecule has 1 aromatic heterocycles. The van der Waals surface area contributed by atoms with Gasteiger partial charge in [0, 0.05) is 15.6 Å². The fourth-order valence-corrected chi connectivity index (χ4v) is 2.61. The first-order valence-electron chi connectivity index (χ1n) is 5.20. The monoisotopic (exact) mass is 323 g/mol. The van der Waals surface area contributed by atoms with Crippen molar-refractivity contribution in [2.24, 2.45) is 0 Å². The van der Waals surface area contributed by atoms with Crippen molar-refractivity contribution in [2.75, 3.05) is 0 Å². The zero-order valence-corrected chi connectivity index (χ0v) is 12.0. The van der Waals surface area contributed by atoms with Crippen LogP contribution in [0.15, 0.2) is 50.9 Å². The first kappa shape index (κ1) is 13.1. The van der Waals surface area contributed by atoms with Crippen LogP contribution < -0.4 is 0 Å². The Kier molecular flexibility index (Phi) is 4.04. The van der Waals surface area contributed by atoms with E-state index >= 15 is 0 Å². The molecule has 0 radical (unpaired) electrons. The van der Waals surface area contributed by atoms with Crippen molar-refractivity contribution < 1.29 is 9.90 Å². The first-order chi connectivity index (χ1) is 8.58. The predicted molar refractivity (Wildman–Crippen MR) is 74.2 cm³/mol. The third kappa shape index (κ3) is 2.91. The van der Waals surface area contributed by atoms with Crippen molar-refractivity contribution in [3.63, 3.8) is 0 Å². The SMILES string of the molecule is Cc1cc(Sc2ccccc2C(=O)O)ncc1Br. The Bertz CT molecular complexity index is 601. The highest BCUT2D eigenvalue weighted by Gasteiger charge is 2.11. The van der Waals surface area contributed by atoms with Crippen LogP contribution in [0.5, 0.6) is 0 Å². The van der Waals surface area contributed by atoms with E-state index in [2.05, 4.69) is 20.9 Å². The molecule has 0 bridgehead atoms. The number of benzene rings is 1. The summed E-state index contributed by atoms with van der Waals surface area (Å²) in [4.78, 5) is 16.0. The second-order valence-corrected chi connectivity index (χ2v) is 5.59. The van der Waals surface area contributed by atoms with Gasteiger partial charge in [-0.3, -0.25) is 0 Å². The summed E-state index contributed by atoms with van der Waals surface area (Å²) in [5.74, 6) is -0.924. The summed E-state index contributed by atoms with van der Waals surface area (Å²) in [7, 11) is 0. The number of nitrogens with zero attached hydrogens (tertiary/aromatic N) is 1. The summed E-state index contributed by atoms with van der Waals surface area (Å²) in [5, 5.41) is 9.88. The summed E-state index contributed by atoms with van der Waals surface area (Å²) in [6.45, 7) is 1.97. The van der Waals surface area contributed by atoms with Gasteiger partial charge in [-0.15, -0.1) is 0 Å². The van der Waals surface area contributed by atoms with Crippen LogP contribution in [0.4, 0.5) is 0 Å². The topological polar surface area (TPSA) is 50.2 Å². The third-order valence-electron chi connectivity index (χ3n) is 2.35. The van der Waals surface area contributed by atoms with Crippen LogP contribution in [0.3, 0.4) is 0 Å². The standard InChI is InChI=1S/C13H10BrNO2S/c1-8-6-12(15-7-10(8)14)18-11-5-3-2-4-9(11)13(16)17/h2-7H,1H3,(H,16,17). The van der Waals surface area contributed by atoms with E-state index in [-0.39, 0.29) is 0 Å². The average Bonchev–Trinajstić information content (AvgIpc) is 2.34. The molecule has 92 valence electrons. The van der Waals surface area contributed by atoms with Gasteiger partial charge in [0.2, 0.25) is 0 Å². The van der Waals surface area contributed by atoms with Crippen molar-refractivity contribution in [3.8, 4) is 0 Å². The molecule has 0 aliphatic rings. The van der Waals surface area contributed by atoms with Crippen LogP contribution in [0.25, 0.3) is 0 Å². The largest absolute Gasteiger partial charge is 0.478 e. The van der Waals surface area contributed by atoms with Gasteiger partial charge in [0.15, 0.2) is 0 Å². The zero-order valence-electron chi connectivity index (χ0n) is 9.55. The molecular formula is C13H10BrNO2S. The maximum absolute atomic E-state index is 11.1. The number of aryl methyl sites for hydroxylation is 1. The van der Waals surface area contributed by atoms with Crippen LogP contribution in [-0.2, 0) is 0 Å². The van der Waals surface area contributed by atoms with Crippen LogP contribution in [0, 0.1) is 6.92 Å². The van der Waals surface area contributed by atoms with Gasteiger partial charge in [-0.2, -0.15) is 0 Å². The summed E-state index contributed by atoms with van der Waals surface area (Å²) >= 11 is 4.74. The summed E-state index contributed by atoms with van der Waals surface area (Å²) < 4.78 is 0.943. The van der Waals surface area contributed by atoms with Gasteiger partial charge in [0.05, 0.1) is 5.56 Å². The lowest BCUT2D eigenvalue weighted by atomic mass is 10.2. The van der Waals surface area contributed by atoms with Crippen LogP contribution in [-0.4, -0.2) is 16.1 Å². The molecule has 0 saturated heterocycles. The number of aromatic nitrogens is 1. The Balaban J connectivity index is 2.34. The van der Waals surface area contributed by atoms with Crippen molar-refractivity contribution in [2.45, 2.75) is 16.8 Å². The molecule has 0 fully saturated rings. The predicted octanol–water partition coefficient (Wildman–Crippen LogP) is 4.00. The lowest BCUT2D eigenvalue weighted by Crippen LogP contribution is -1.98. The molecule has 1 aromatic carbocycles. The Morgan fingerprint density at radius 2 is 2.11 bits per heavy atom. The Morgan fingerprint density at radius 3 is 2.78 bits per heavy atom. The molecule has 1 N–H and O–H groups in total. The van der Waals surface area contributed by atoms with Crippen molar-refractivity contribution in [1.29, 1.82) is 0 Å². The van der Waals surface area contributed by atoms with Gasteiger partial charge in [-0.05, 0) is 46.6 Å². The Labute approximate surface area is 117 Å². The fraction of sp³-hybridized carbons (Fsp3) is 0.0769. The molecule has 3 nitrogen and oxygen atoms in total. The Hall–Kier alpha value is -1.33. The summed E-state index contributed by atoms with van der Waals surface area (Å²) in [5.41, 5.74) is 1.37. The molecule has 2 aromatic rings. The minimum atomic E-state index is -0.924. The molecule has 5 heteroatoms. The molecular weight excluding hydrogens is 314 g/mol.